The SMILES string of the molecule is CC(=O)N1CCN(C(=O)C2CCCN(c3nc(C)cc(C)n3)C2)CC1. The lowest BCUT2D eigenvalue weighted by molar-refractivity contribution is -0.141. The highest BCUT2D eigenvalue weighted by Gasteiger charge is 2.32. The number of rotatable bonds is 2. The monoisotopic (exact) mass is 345 g/mol. The molecule has 0 aromatic carbocycles. The number of amides is 2. The summed E-state index contributed by atoms with van der Waals surface area (Å²) < 4.78 is 0. The van der Waals surface area contributed by atoms with Crippen LogP contribution in [0.25, 0.3) is 0 Å². The van der Waals surface area contributed by atoms with E-state index >= 15 is 0 Å². The van der Waals surface area contributed by atoms with Gasteiger partial charge in [-0.1, -0.05) is 0 Å². The molecule has 0 aliphatic carbocycles. The number of aryl methyl sites for hydroxylation is 2. The van der Waals surface area contributed by atoms with Gasteiger partial charge in [-0.15, -0.1) is 0 Å². The van der Waals surface area contributed by atoms with E-state index in [2.05, 4.69) is 14.9 Å². The number of carbonyl (C=O) groups is 2. The van der Waals surface area contributed by atoms with Crippen LogP contribution in [0.15, 0.2) is 6.07 Å². The summed E-state index contributed by atoms with van der Waals surface area (Å²) in [6.07, 6.45) is 1.88. The predicted molar refractivity (Wildman–Crippen MR) is 95.3 cm³/mol. The van der Waals surface area contributed by atoms with Gasteiger partial charge in [0.1, 0.15) is 0 Å². The third-order valence-corrected chi connectivity index (χ3v) is 5.06. The zero-order valence-corrected chi connectivity index (χ0v) is 15.4. The van der Waals surface area contributed by atoms with Crippen LogP contribution in [0.4, 0.5) is 5.95 Å². The summed E-state index contributed by atoms with van der Waals surface area (Å²) in [5, 5.41) is 0. The van der Waals surface area contributed by atoms with Crippen LogP contribution in [0.5, 0.6) is 0 Å². The summed E-state index contributed by atoms with van der Waals surface area (Å²) in [7, 11) is 0. The van der Waals surface area contributed by atoms with Crippen LogP contribution in [0, 0.1) is 19.8 Å². The van der Waals surface area contributed by atoms with E-state index in [4.69, 9.17) is 0 Å². The van der Waals surface area contributed by atoms with Gasteiger partial charge in [0.25, 0.3) is 0 Å². The molecule has 2 fully saturated rings. The third-order valence-electron chi connectivity index (χ3n) is 5.06. The zero-order chi connectivity index (χ0) is 18.0. The van der Waals surface area contributed by atoms with E-state index in [1.807, 2.05) is 24.8 Å². The average molecular weight is 345 g/mol. The largest absolute Gasteiger partial charge is 0.340 e. The van der Waals surface area contributed by atoms with E-state index in [-0.39, 0.29) is 17.7 Å². The molecular formula is C18H27N5O2. The first-order valence-corrected chi connectivity index (χ1v) is 9.05. The lowest BCUT2D eigenvalue weighted by Gasteiger charge is -2.38. The quantitative estimate of drug-likeness (QED) is 0.800. The van der Waals surface area contributed by atoms with Crippen LogP contribution in [0.1, 0.15) is 31.2 Å². The van der Waals surface area contributed by atoms with Gasteiger partial charge in [0, 0.05) is 57.6 Å². The molecular weight excluding hydrogens is 318 g/mol. The summed E-state index contributed by atoms with van der Waals surface area (Å²) in [4.78, 5) is 39.3. The third kappa shape index (κ3) is 4.08. The Morgan fingerprint density at radius 3 is 2.20 bits per heavy atom. The normalized spacial score (nSPS) is 21.4. The van der Waals surface area contributed by atoms with Gasteiger partial charge in [-0.3, -0.25) is 9.59 Å². The fraction of sp³-hybridized carbons (Fsp3) is 0.667. The molecule has 0 N–H and O–H groups in total. The van der Waals surface area contributed by atoms with E-state index in [1.54, 1.807) is 11.8 Å². The van der Waals surface area contributed by atoms with Crippen molar-refractivity contribution in [2.75, 3.05) is 44.2 Å². The van der Waals surface area contributed by atoms with Crippen LogP contribution < -0.4 is 4.90 Å². The molecule has 1 atom stereocenters. The lowest BCUT2D eigenvalue weighted by atomic mass is 9.96. The number of piperidine rings is 1. The van der Waals surface area contributed by atoms with Crippen LogP contribution in [-0.2, 0) is 9.59 Å². The number of anilines is 1. The topological polar surface area (TPSA) is 69.6 Å². The molecule has 2 amide bonds. The summed E-state index contributed by atoms with van der Waals surface area (Å²) >= 11 is 0. The molecule has 0 saturated carbocycles. The second kappa shape index (κ2) is 7.37. The maximum atomic E-state index is 12.9. The minimum absolute atomic E-state index is 0.0120. The summed E-state index contributed by atoms with van der Waals surface area (Å²) in [6.45, 7) is 9.64. The Hall–Kier alpha value is -2.18. The molecule has 3 rings (SSSR count). The van der Waals surface area contributed by atoms with Crippen molar-refractivity contribution < 1.29 is 9.59 Å². The van der Waals surface area contributed by atoms with Crippen LogP contribution >= 0.6 is 0 Å². The molecule has 136 valence electrons. The molecule has 2 aliphatic heterocycles. The van der Waals surface area contributed by atoms with Crippen molar-refractivity contribution >= 4 is 17.8 Å². The van der Waals surface area contributed by atoms with Gasteiger partial charge in [-0.2, -0.15) is 0 Å². The van der Waals surface area contributed by atoms with Gasteiger partial charge in [-0.05, 0) is 32.8 Å². The highest BCUT2D eigenvalue weighted by atomic mass is 16.2. The first-order chi connectivity index (χ1) is 11.9. The molecule has 7 heteroatoms. The van der Waals surface area contributed by atoms with E-state index in [0.29, 0.717) is 32.7 Å². The highest BCUT2D eigenvalue weighted by Crippen LogP contribution is 2.23. The van der Waals surface area contributed by atoms with Gasteiger partial charge >= 0.3 is 0 Å². The van der Waals surface area contributed by atoms with Crippen molar-refractivity contribution in [3.63, 3.8) is 0 Å². The average Bonchev–Trinajstić information content (AvgIpc) is 2.60. The maximum Gasteiger partial charge on any atom is 0.227 e. The van der Waals surface area contributed by atoms with Gasteiger partial charge in [0.2, 0.25) is 17.8 Å². The molecule has 1 unspecified atom stereocenters. The Morgan fingerprint density at radius 2 is 1.60 bits per heavy atom. The molecule has 2 saturated heterocycles. The van der Waals surface area contributed by atoms with E-state index in [0.717, 1.165) is 36.7 Å². The van der Waals surface area contributed by atoms with E-state index in [9.17, 15) is 9.59 Å². The second-order valence-electron chi connectivity index (χ2n) is 7.07. The summed E-state index contributed by atoms with van der Waals surface area (Å²) in [5.41, 5.74) is 1.91. The van der Waals surface area contributed by atoms with Crippen LogP contribution in [0.3, 0.4) is 0 Å². The smallest absolute Gasteiger partial charge is 0.227 e. The Labute approximate surface area is 149 Å². The van der Waals surface area contributed by atoms with Gasteiger partial charge in [0.05, 0.1) is 5.92 Å². The molecule has 2 aliphatic rings. The number of hydrogen-bond donors (Lipinski definition) is 0. The zero-order valence-electron chi connectivity index (χ0n) is 15.4. The molecule has 0 bridgehead atoms. The molecule has 1 aromatic heterocycles. The van der Waals surface area contributed by atoms with Gasteiger partial charge in [0.15, 0.2) is 0 Å². The minimum atomic E-state index is -0.0120. The number of piperazine rings is 1. The lowest BCUT2D eigenvalue weighted by Crippen LogP contribution is -2.53. The number of carbonyl (C=O) groups excluding carboxylic acids is 2. The molecule has 0 radical (unpaired) electrons. The van der Waals surface area contributed by atoms with E-state index in [1.165, 1.54) is 0 Å². The van der Waals surface area contributed by atoms with Gasteiger partial charge in [-0.25, -0.2) is 9.97 Å². The Morgan fingerprint density at radius 1 is 1.00 bits per heavy atom. The molecule has 25 heavy (non-hydrogen) atoms. The van der Waals surface area contributed by atoms with Crippen LogP contribution in [0.2, 0.25) is 0 Å². The fourth-order valence-corrected chi connectivity index (χ4v) is 3.71. The van der Waals surface area contributed by atoms with Crippen LogP contribution in [-0.4, -0.2) is 70.9 Å². The first kappa shape index (κ1) is 17.6. The standard InChI is InChI=1S/C18H27N5O2/c1-13-11-14(2)20-18(19-13)23-6-4-5-16(12-23)17(25)22-9-7-21(8-10-22)15(3)24/h11,16H,4-10,12H2,1-3H3. The Kier molecular flexibility index (Phi) is 5.20. The number of hydrogen-bond acceptors (Lipinski definition) is 5. The summed E-state index contributed by atoms with van der Waals surface area (Å²) in [5.74, 6) is 1.01. The Bertz CT molecular complexity index is 635. The molecule has 3 heterocycles. The van der Waals surface area contributed by atoms with E-state index < -0.39 is 0 Å². The van der Waals surface area contributed by atoms with Crippen molar-refractivity contribution in [2.24, 2.45) is 5.92 Å². The first-order valence-electron chi connectivity index (χ1n) is 9.05. The second-order valence-corrected chi connectivity index (χ2v) is 7.07. The maximum absolute atomic E-state index is 12.9. The van der Waals surface area contributed by atoms with Crippen molar-refractivity contribution in [3.8, 4) is 0 Å². The summed E-state index contributed by atoms with van der Waals surface area (Å²) in [6, 6.07) is 1.96. The number of aromatic nitrogens is 2. The fourth-order valence-electron chi connectivity index (χ4n) is 3.71. The van der Waals surface area contributed by atoms with Gasteiger partial charge < -0.3 is 14.7 Å². The Balaban J connectivity index is 1.63. The predicted octanol–water partition coefficient (Wildman–Crippen LogP) is 1.00. The van der Waals surface area contributed by atoms with Crippen molar-refractivity contribution in [3.05, 3.63) is 17.5 Å². The highest BCUT2D eigenvalue weighted by molar-refractivity contribution is 5.80. The van der Waals surface area contributed by atoms with Crippen molar-refractivity contribution in [1.29, 1.82) is 0 Å². The molecule has 0 spiro atoms. The van der Waals surface area contributed by atoms with Crippen molar-refractivity contribution in [1.82, 2.24) is 19.8 Å². The molecule has 7 nitrogen and oxygen atoms in total. The minimum Gasteiger partial charge on any atom is -0.340 e. The molecule has 1 aromatic rings. The number of nitrogens with zero attached hydrogens (tertiary/aromatic N) is 5. The van der Waals surface area contributed by atoms with Crippen molar-refractivity contribution in [2.45, 2.75) is 33.6 Å².